The van der Waals surface area contributed by atoms with Gasteiger partial charge in [-0.25, -0.2) is 4.79 Å². The molecule has 17 heteroatoms. The van der Waals surface area contributed by atoms with Gasteiger partial charge in [0.05, 0.1) is 24.2 Å². The van der Waals surface area contributed by atoms with Crippen molar-refractivity contribution in [3.8, 4) is 0 Å². The molecule has 2 fully saturated rings. The van der Waals surface area contributed by atoms with Crippen molar-refractivity contribution >= 4 is 41.5 Å². The molecule has 0 radical (unpaired) electrons. The standard InChI is InChI=1S/C47H68N10O7/c1-29(48-3)41(58)54-37(45(62)56-27-11-21-39(56)43(60)52-35-19-9-15-31-13-5-7-17-33(31)35)23-25-50-47(64)51-26-24-38(55-42(59)30(2)49-4)46(63)57-28-12-22-40(57)44(61)53-36-20-10-16-32-14-6-8-18-34(32)36/h5-8,13-14,17-18,29-30,35-40,48-49H,9-12,15-16,19-28H2,1-4H3,(H,52,60)(H,53,61)(H,54,58)(H,55,59)(H2,50,51,64). The lowest BCUT2D eigenvalue weighted by Gasteiger charge is -2.32. The number of nitrogens with one attached hydrogen (secondary N) is 8. The average molecular weight is 885 g/mol. The zero-order valence-corrected chi connectivity index (χ0v) is 37.8. The molecule has 17 nitrogen and oxygen atoms in total. The molecule has 4 aliphatic rings. The van der Waals surface area contributed by atoms with E-state index in [4.69, 9.17) is 0 Å². The van der Waals surface area contributed by atoms with Crippen LogP contribution in [0.4, 0.5) is 4.79 Å². The van der Waals surface area contributed by atoms with Crippen molar-refractivity contribution in [2.75, 3.05) is 40.3 Å². The van der Waals surface area contributed by atoms with Gasteiger partial charge >= 0.3 is 6.03 Å². The fourth-order valence-electron chi connectivity index (χ4n) is 9.44. The summed E-state index contributed by atoms with van der Waals surface area (Å²) in [5.41, 5.74) is 4.64. The van der Waals surface area contributed by atoms with Gasteiger partial charge in [-0.1, -0.05) is 48.5 Å². The zero-order chi connectivity index (χ0) is 45.8. The molecule has 8 amide bonds. The van der Waals surface area contributed by atoms with E-state index in [2.05, 4.69) is 54.7 Å². The van der Waals surface area contributed by atoms with Crippen LogP contribution in [0.3, 0.4) is 0 Å². The Labute approximate surface area is 376 Å². The van der Waals surface area contributed by atoms with E-state index in [0.717, 1.165) is 49.7 Å². The van der Waals surface area contributed by atoms with Gasteiger partial charge in [-0.15, -0.1) is 0 Å². The van der Waals surface area contributed by atoms with Crippen molar-refractivity contribution in [1.29, 1.82) is 0 Å². The minimum Gasteiger partial charge on any atom is -0.347 e. The van der Waals surface area contributed by atoms with Gasteiger partial charge in [-0.2, -0.15) is 0 Å². The largest absolute Gasteiger partial charge is 0.347 e. The van der Waals surface area contributed by atoms with Crippen LogP contribution < -0.4 is 42.5 Å². The van der Waals surface area contributed by atoms with Gasteiger partial charge in [0.25, 0.3) is 0 Å². The maximum atomic E-state index is 14.1. The van der Waals surface area contributed by atoms with E-state index < -0.39 is 65.9 Å². The fraction of sp³-hybridized carbons (Fsp3) is 0.596. The van der Waals surface area contributed by atoms with Crippen LogP contribution in [-0.2, 0) is 41.6 Å². The van der Waals surface area contributed by atoms with Crippen LogP contribution >= 0.6 is 0 Å². The van der Waals surface area contributed by atoms with Crippen LogP contribution in [0.25, 0.3) is 0 Å². The van der Waals surface area contributed by atoms with Crippen molar-refractivity contribution in [3.63, 3.8) is 0 Å². The molecule has 2 aliphatic carbocycles. The molecule has 0 aromatic heterocycles. The minimum absolute atomic E-state index is 0.00876. The summed E-state index contributed by atoms with van der Waals surface area (Å²) >= 11 is 0. The molecular formula is C47H68N10O7. The molecule has 6 rings (SSSR count). The lowest BCUT2D eigenvalue weighted by atomic mass is 9.87. The summed E-state index contributed by atoms with van der Waals surface area (Å²) in [7, 11) is 3.28. The molecule has 8 N–H and O–H groups in total. The average Bonchev–Trinajstić information content (AvgIpc) is 4.02. The normalized spacial score (nSPS) is 22.1. The summed E-state index contributed by atoms with van der Waals surface area (Å²) in [5.74, 6) is -2.03. The number of hydrogen-bond donors (Lipinski definition) is 8. The number of aryl methyl sites for hydroxylation is 2. The second kappa shape index (κ2) is 22.9. The number of hydrogen-bond acceptors (Lipinski definition) is 9. The third kappa shape index (κ3) is 12.0. The van der Waals surface area contributed by atoms with Crippen LogP contribution in [-0.4, -0.2) is 128 Å². The molecule has 0 spiro atoms. The van der Waals surface area contributed by atoms with Crippen molar-refractivity contribution in [2.45, 2.75) is 139 Å². The van der Waals surface area contributed by atoms with Gasteiger partial charge < -0.3 is 52.3 Å². The van der Waals surface area contributed by atoms with E-state index in [1.807, 2.05) is 36.4 Å². The molecule has 8 unspecified atom stereocenters. The van der Waals surface area contributed by atoms with E-state index in [1.54, 1.807) is 37.7 Å². The van der Waals surface area contributed by atoms with Crippen LogP contribution in [0.5, 0.6) is 0 Å². The first-order chi connectivity index (χ1) is 30.9. The number of amides is 8. The van der Waals surface area contributed by atoms with Crippen LogP contribution in [0.1, 0.15) is 112 Å². The predicted molar refractivity (Wildman–Crippen MR) is 242 cm³/mol. The Morgan fingerprint density at radius 3 is 1.39 bits per heavy atom. The van der Waals surface area contributed by atoms with Crippen molar-refractivity contribution in [2.24, 2.45) is 0 Å². The van der Waals surface area contributed by atoms with Crippen molar-refractivity contribution in [3.05, 3.63) is 70.8 Å². The number of fused-ring (bicyclic) bond motifs is 2. The molecule has 348 valence electrons. The number of carbonyl (C=O) groups is 7. The van der Waals surface area contributed by atoms with Gasteiger partial charge in [-0.3, -0.25) is 28.8 Å². The molecule has 64 heavy (non-hydrogen) atoms. The summed E-state index contributed by atoms with van der Waals surface area (Å²) < 4.78 is 0. The van der Waals surface area contributed by atoms with E-state index >= 15 is 0 Å². The SMILES string of the molecule is CNC(C)C(=O)NC(CCNC(=O)NCCC(NC(=O)C(C)NC)C(=O)N1CCCC1C(=O)NC1CCCc2ccccc21)C(=O)N1CCCC1C(=O)NC1CCCc2ccccc21. The third-order valence-electron chi connectivity index (χ3n) is 13.4. The number of carbonyl (C=O) groups excluding carboxylic acids is 7. The molecule has 8 atom stereocenters. The molecule has 2 aromatic rings. The Morgan fingerprint density at radius 2 is 0.984 bits per heavy atom. The number of rotatable bonds is 18. The summed E-state index contributed by atoms with van der Waals surface area (Å²) in [6.45, 7) is 4.09. The van der Waals surface area contributed by atoms with Gasteiger partial charge in [0.2, 0.25) is 35.4 Å². The number of nitrogens with zero attached hydrogens (tertiary/aromatic N) is 2. The summed E-state index contributed by atoms with van der Waals surface area (Å²) in [4.78, 5) is 98.1. The maximum absolute atomic E-state index is 14.1. The van der Waals surface area contributed by atoms with Gasteiger partial charge in [0, 0.05) is 26.2 Å². The van der Waals surface area contributed by atoms with Gasteiger partial charge in [-0.05, 0) is 127 Å². The molecule has 2 aliphatic heterocycles. The van der Waals surface area contributed by atoms with E-state index in [1.165, 1.54) is 11.1 Å². The van der Waals surface area contributed by atoms with Crippen molar-refractivity contribution < 1.29 is 33.6 Å². The topological polar surface area (TPSA) is 222 Å². The fourth-order valence-corrected chi connectivity index (χ4v) is 9.44. The first kappa shape index (κ1) is 47.9. The first-order valence-electron chi connectivity index (χ1n) is 23.2. The highest BCUT2D eigenvalue weighted by atomic mass is 16.2. The Bertz CT molecular complexity index is 1860. The summed E-state index contributed by atoms with van der Waals surface area (Å²) in [5, 5.41) is 23.3. The third-order valence-corrected chi connectivity index (χ3v) is 13.4. The molecule has 2 saturated heterocycles. The van der Waals surface area contributed by atoms with Crippen LogP contribution in [0.2, 0.25) is 0 Å². The highest BCUT2D eigenvalue weighted by Crippen LogP contribution is 2.32. The Balaban J connectivity index is 1.04. The van der Waals surface area contributed by atoms with Gasteiger partial charge in [0.15, 0.2) is 0 Å². The Kier molecular flexibility index (Phi) is 17.1. The van der Waals surface area contributed by atoms with Crippen LogP contribution in [0.15, 0.2) is 48.5 Å². The summed E-state index contributed by atoms with van der Waals surface area (Å²) in [6.07, 6.45) is 7.83. The second-order valence-corrected chi connectivity index (χ2v) is 17.6. The Morgan fingerprint density at radius 1 is 0.578 bits per heavy atom. The minimum atomic E-state index is -1.02. The Hall–Kier alpha value is -5.55. The lowest BCUT2D eigenvalue weighted by molar-refractivity contribution is -0.142. The molecule has 2 heterocycles. The number of likely N-dealkylation sites (tertiary alicyclic amines) is 2. The summed E-state index contributed by atoms with van der Waals surface area (Å²) in [6, 6.07) is 10.7. The smallest absolute Gasteiger partial charge is 0.314 e. The highest BCUT2D eigenvalue weighted by Gasteiger charge is 2.41. The van der Waals surface area contributed by atoms with E-state index in [9.17, 15) is 33.6 Å². The predicted octanol–water partition coefficient (Wildman–Crippen LogP) is 1.62. The monoisotopic (exact) mass is 885 g/mol. The molecular weight excluding hydrogens is 817 g/mol. The van der Waals surface area contributed by atoms with E-state index in [-0.39, 0.29) is 49.8 Å². The zero-order valence-electron chi connectivity index (χ0n) is 37.8. The van der Waals surface area contributed by atoms with Crippen molar-refractivity contribution in [1.82, 2.24) is 52.3 Å². The number of urea groups is 1. The first-order valence-corrected chi connectivity index (χ1v) is 23.2. The quantitative estimate of drug-likeness (QED) is 0.109. The second-order valence-electron chi connectivity index (χ2n) is 17.6. The molecule has 2 aromatic carbocycles. The number of benzene rings is 2. The van der Waals surface area contributed by atoms with Crippen LogP contribution in [0, 0.1) is 0 Å². The van der Waals surface area contributed by atoms with Gasteiger partial charge in [0.1, 0.15) is 24.2 Å². The maximum Gasteiger partial charge on any atom is 0.314 e. The van der Waals surface area contributed by atoms with E-state index in [0.29, 0.717) is 38.8 Å². The molecule has 0 bridgehead atoms. The number of likely N-dealkylation sites (N-methyl/N-ethyl adjacent to an activating group) is 2. The molecule has 0 saturated carbocycles. The highest BCUT2D eigenvalue weighted by molar-refractivity contribution is 5.95. The lowest BCUT2D eigenvalue weighted by Crippen LogP contribution is -2.57.